The summed E-state index contributed by atoms with van der Waals surface area (Å²) >= 11 is 0. The third-order valence-electron chi connectivity index (χ3n) is 3.24. The minimum atomic E-state index is 0.784. The van der Waals surface area contributed by atoms with Crippen molar-refractivity contribution in [2.75, 3.05) is 19.6 Å². The molecule has 1 saturated heterocycles. The van der Waals surface area contributed by atoms with E-state index in [0.717, 1.165) is 12.0 Å². The normalized spacial score (nSPS) is 26.0. The van der Waals surface area contributed by atoms with Crippen LogP contribution in [0.5, 0.6) is 0 Å². The third kappa shape index (κ3) is 2.20. The molecule has 0 unspecified atom stereocenters. The Kier molecular flexibility index (Phi) is 3.01. The minimum absolute atomic E-state index is 0.784. The first-order chi connectivity index (χ1) is 5.95. The van der Waals surface area contributed by atoms with E-state index in [9.17, 15) is 0 Å². The molecule has 2 rings (SSSR count). The fourth-order valence-electron chi connectivity index (χ4n) is 2.22. The van der Waals surface area contributed by atoms with Crippen molar-refractivity contribution >= 4 is 0 Å². The predicted molar refractivity (Wildman–Crippen MR) is 51.2 cm³/mol. The van der Waals surface area contributed by atoms with Crippen LogP contribution in [0, 0.1) is 5.92 Å². The maximum Gasteiger partial charge on any atom is 0.0317 e. The molecule has 2 nitrogen and oxygen atoms in total. The van der Waals surface area contributed by atoms with Gasteiger partial charge >= 0.3 is 0 Å². The lowest BCUT2D eigenvalue weighted by Crippen LogP contribution is -2.55. The first kappa shape index (κ1) is 8.52. The van der Waals surface area contributed by atoms with E-state index in [0.29, 0.717) is 0 Å². The number of nitrogens with one attached hydrogen (secondary N) is 2. The van der Waals surface area contributed by atoms with Gasteiger partial charge in [0.2, 0.25) is 0 Å². The van der Waals surface area contributed by atoms with E-state index < -0.39 is 0 Å². The zero-order chi connectivity index (χ0) is 8.23. The van der Waals surface area contributed by atoms with Crippen molar-refractivity contribution in [3.63, 3.8) is 0 Å². The molecule has 2 N–H and O–H groups in total. The second-order valence-electron chi connectivity index (χ2n) is 4.25. The number of rotatable bonds is 4. The molecular weight excluding hydrogens is 148 g/mol. The van der Waals surface area contributed by atoms with Crippen LogP contribution in [0.15, 0.2) is 0 Å². The summed E-state index contributed by atoms with van der Waals surface area (Å²) in [4.78, 5) is 0. The highest BCUT2D eigenvalue weighted by molar-refractivity contribution is 4.81. The third-order valence-corrected chi connectivity index (χ3v) is 3.24. The highest BCUT2D eigenvalue weighted by Gasteiger charge is 2.17. The van der Waals surface area contributed by atoms with E-state index in [2.05, 4.69) is 10.6 Å². The van der Waals surface area contributed by atoms with Gasteiger partial charge in [0.1, 0.15) is 0 Å². The Hall–Kier alpha value is -0.0800. The lowest BCUT2D eigenvalue weighted by molar-refractivity contribution is 0.350. The Morgan fingerprint density at radius 1 is 1.17 bits per heavy atom. The van der Waals surface area contributed by atoms with Crippen molar-refractivity contribution in [1.29, 1.82) is 0 Å². The molecule has 1 aliphatic heterocycles. The van der Waals surface area contributed by atoms with Crippen molar-refractivity contribution in [2.45, 2.75) is 38.1 Å². The second kappa shape index (κ2) is 4.24. The Morgan fingerprint density at radius 3 is 2.50 bits per heavy atom. The first-order valence-electron chi connectivity index (χ1n) is 5.39. The van der Waals surface area contributed by atoms with Crippen LogP contribution in [0.25, 0.3) is 0 Å². The summed E-state index contributed by atoms with van der Waals surface area (Å²) in [6, 6.07) is 0.784. The van der Waals surface area contributed by atoms with Crippen molar-refractivity contribution < 1.29 is 0 Å². The highest BCUT2D eigenvalue weighted by atomic mass is 15.1. The average Bonchev–Trinajstić information content (AvgIpc) is 2.46. The van der Waals surface area contributed by atoms with Crippen LogP contribution in [-0.4, -0.2) is 25.7 Å². The summed E-state index contributed by atoms with van der Waals surface area (Å²) in [7, 11) is 0. The van der Waals surface area contributed by atoms with E-state index in [4.69, 9.17) is 0 Å². The zero-order valence-corrected chi connectivity index (χ0v) is 7.81. The quantitative estimate of drug-likeness (QED) is 0.657. The van der Waals surface area contributed by atoms with Gasteiger partial charge in [-0.25, -0.2) is 0 Å². The van der Waals surface area contributed by atoms with E-state index >= 15 is 0 Å². The Bertz CT molecular complexity index is 126. The van der Waals surface area contributed by atoms with Crippen LogP contribution in [0.1, 0.15) is 32.1 Å². The summed E-state index contributed by atoms with van der Waals surface area (Å²) in [5, 5.41) is 6.86. The van der Waals surface area contributed by atoms with E-state index in [1.54, 1.807) is 0 Å². The van der Waals surface area contributed by atoms with Crippen LogP contribution in [-0.2, 0) is 0 Å². The molecule has 1 heterocycles. The molecule has 0 aromatic heterocycles. The standard InChI is InChI=1S/C10H20N2/c1-2-4-9(3-1)5-6-12-10-7-11-8-10/h9-12H,1-8H2. The molecule has 0 bridgehead atoms. The summed E-state index contributed by atoms with van der Waals surface area (Å²) in [5.74, 6) is 1.05. The molecule has 12 heavy (non-hydrogen) atoms. The van der Waals surface area contributed by atoms with Crippen molar-refractivity contribution in [3.8, 4) is 0 Å². The van der Waals surface area contributed by atoms with Gasteiger partial charge in [-0.2, -0.15) is 0 Å². The first-order valence-corrected chi connectivity index (χ1v) is 5.39. The highest BCUT2D eigenvalue weighted by Crippen LogP contribution is 2.26. The smallest absolute Gasteiger partial charge is 0.0317 e. The van der Waals surface area contributed by atoms with Crippen LogP contribution in [0.2, 0.25) is 0 Å². The molecular formula is C10H20N2. The minimum Gasteiger partial charge on any atom is -0.314 e. The fourth-order valence-corrected chi connectivity index (χ4v) is 2.22. The van der Waals surface area contributed by atoms with Gasteiger partial charge in [0.25, 0.3) is 0 Å². The van der Waals surface area contributed by atoms with Gasteiger partial charge in [0.05, 0.1) is 0 Å². The summed E-state index contributed by atoms with van der Waals surface area (Å²) in [6.07, 6.45) is 7.36. The van der Waals surface area contributed by atoms with Gasteiger partial charge in [-0.15, -0.1) is 0 Å². The van der Waals surface area contributed by atoms with Crippen molar-refractivity contribution in [1.82, 2.24) is 10.6 Å². The molecule has 0 aromatic carbocycles. The summed E-state index contributed by atoms with van der Waals surface area (Å²) in [5.41, 5.74) is 0. The average molecular weight is 168 g/mol. The molecule has 0 atom stereocenters. The maximum absolute atomic E-state index is 3.58. The molecule has 70 valence electrons. The van der Waals surface area contributed by atoms with Gasteiger partial charge in [0, 0.05) is 19.1 Å². The summed E-state index contributed by atoms with van der Waals surface area (Å²) < 4.78 is 0. The van der Waals surface area contributed by atoms with Crippen LogP contribution < -0.4 is 10.6 Å². The maximum atomic E-state index is 3.58. The van der Waals surface area contributed by atoms with Crippen LogP contribution >= 0.6 is 0 Å². The molecule has 2 fully saturated rings. The topological polar surface area (TPSA) is 24.1 Å². The molecule has 0 aromatic rings. The number of hydrogen-bond acceptors (Lipinski definition) is 2. The monoisotopic (exact) mass is 168 g/mol. The molecule has 0 amide bonds. The number of hydrogen-bond donors (Lipinski definition) is 2. The molecule has 0 radical (unpaired) electrons. The molecule has 2 aliphatic rings. The van der Waals surface area contributed by atoms with Crippen molar-refractivity contribution in [2.24, 2.45) is 5.92 Å². The Morgan fingerprint density at radius 2 is 1.92 bits per heavy atom. The van der Waals surface area contributed by atoms with Gasteiger partial charge in [0.15, 0.2) is 0 Å². The molecule has 0 spiro atoms. The largest absolute Gasteiger partial charge is 0.314 e. The predicted octanol–water partition coefficient (Wildman–Crippen LogP) is 1.13. The van der Waals surface area contributed by atoms with Gasteiger partial charge in [-0.3, -0.25) is 0 Å². The van der Waals surface area contributed by atoms with Gasteiger partial charge in [-0.05, 0) is 18.9 Å². The Labute approximate surface area is 75.1 Å². The van der Waals surface area contributed by atoms with Crippen LogP contribution in [0.4, 0.5) is 0 Å². The SMILES string of the molecule is C1CCC(CCNC2CNC2)C1. The van der Waals surface area contributed by atoms with Crippen LogP contribution in [0.3, 0.4) is 0 Å². The molecule has 1 saturated carbocycles. The van der Waals surface area contributed by atoms with E-state index in [1.807, 2.05) is 0 Å². The lowest BCUT2D eigenvalue weighted by Gasteiger charge is -2.28. The van der Waals surface area contributed by atoms with Crippen molar-refractivity contribution in [3.05, 3.63) is 0 Å². The van der Waals surface area contributed by atoms with E-state index in [1.165, 1.54) is 51.7 Å². The fraction of sp³-hybridized carbons (Fsp3) is 1.00. The molecule has 1 aliphatic carbocycles. The van der Waals surface area contributed by atoms with Gasteiger partial charge < -0.3 is 10.6 Å². The van der Waals surface area contributed by atoms with E-state index in [-0.39, 0.29) is 0 Å². The lowest BCUT2D eigenvalue weighted by atomic mass is 10.0. The zero-order valence-electron chi connectivity index (χ0n) is 7.81. The second-order valence-corrected chi connectivity index (χ2v) is 4.25. The van der Waals surface area contributed by atoms with Gasteiger partial charge in [-0.1, -0.05) is 25.7 Å². The summed E-state index contributed by atoms with van der Waals surface area (Å²) in [6.45, 7) is 3.62. The molecule has 2 heteroatoms. The Balaban J connectivity index is 1.49.